The second-order valence-electron chi connectivity index (χ2n) is 4.62. The Balaban J connectivity index is 1.99. The largest absolute Gasteiger partial charge is 0.466 e. The van der Waals surface area contributed by atoms with Crippen molar-refractivity contribution in [1.29, 1.82) is 0 Å². The minimum Gasteiger partial charge on any atom is -0.466 e. The standard InChI is InChI=1S/C15H23NO4/c1-2-3-4-5-6-11-20-14(17)9-10-16-15(18)13-8-7-12-19-13/h7-8,12H,2-6,9-11H2,1H3,(H,16,18). The van der Waals surface area contributed by atoms with Gasteiger partial charge < -0.3 is 14.5 Å². The minimum absolute atomic E-state index is 0.182. The molecule has 5 heteroatoms. The first-order valence-electron chi connectivity index (χ1n) is 7.21. The maximum Gasteiger partial charge on any atom is 0.307 e. The van der Waals surface area contributed by atoms with Crippen LogP contribution in [0.25, 0.3) is 0 Å². The Morgan fingerprint density at radius 2 is 2.05 bits per heavy atom. The van der Waals surface area contributed by atoms with E-state index in [0.29, 0.717) is 6.61 Å². The maximum absolute atomic E-state index is 11.5. The lowest BCUT2D eigenvalue weighted by atomic mass is 10.2. The molecule has 1 N–H and O–H groups in total. The Bertz CT molecular complexity index is 387. The van der Waals surface area contributed by atoms with E-state index in [1.807, 2.05) is 0 Å². The summed E-state index contributed by atoms with van der Waals surface area (Å²) in [6.07, 6.45) is 7.24. The Kier molecular flexibility index (Phi) is 8.19. The summed E-state index contributed by atoms with van der Waals surface area (Å²) in [5.74, 6) is -0.350. The van der Waals surface area contributed by atoms with Crippen LogP contribution in [-0.2, 0) is 9.53 Å². The van der Waals surface area contributed by atoms with Gasteiger partial charge in [-0.2, -0.15) is 0 Å². The number of rotatable bonds is 10. The summed E-state index contributed by atoms with van der Waals surface area (Å²) in [4.78, 5) is 22.9. The number of hydrogen-bond acceptors (Lipinski definition) is 4. The van der Waals surface area contributed by atoms with Crippen molar-refractivity contribution in [1.82, 2.24) is 5.32 Å². The summed E-state index contributed by atoms with van der Waals surface area (Å²) in [5, 5.41) is 2.60. The molecule has 1 aromatic heterocycles. The highest BCUT2D eigenvalue weighted by atomic mass is 16.5. The molecule has 1 amide bonds. The number of nitrogens with one attached hydrogen (secondary N) is 1. The van der Waals surface area contributed by atoms with Crippen molar-refractivity contribution in [2.75, 3.05) is 13.2 Å². The van der Waals surface area contributed by atoms with Gasteiger partial charge in [0.1, 0.15) is 0 Å². The number of unbranched alkanes of at least 4 members (excludes halogenated alkanes) is 4. The third kappa shape index (κ3) is 6.97. The first-order valence-corrected chi connectivity index (χ1v) is 7.21. The zero-order valence-electron chi connectivity index (χ0n) is 12.0. The second kappa shape index (κ2) is 10.1. The van der Waals surface area contributed by atoms with E-state index in [1.54, 1.807) is 12.1 Å². The van der Waals surface area contributed by atoms with Gasteiger partial charge in [-0.1, -0.05) is 32.6 Å². The van der Waals surface area contributed by atoms with Gasteiger partial charge in [-0.15, -0.1) is 0 Å². The van der Waals surface area contributed by atoms with Crippen LogP contribution >= 0.6 is 0 Å². The molecule has 0 spiro atoms. The van der Waals surface area contributed by atoms with Crippen LogP contribution in [0.2, 0.25) is 0 Å². The summed E-state index contributed by atoms with van der Waals surface area (Å²) in [5.41, 5.74) is 0. The molecule has 0 atom stereocenters. The van der Waals surface area contributed by atoms with E-state index in [2.05, 4.69) is 12.2 Å². The van der Waals surface area contributed by atoms with Crippen LogP contribution in [0.15, 0.2) is 22.8 Å². The summed E-state index contributed by atoms with van der Waals surface area (Å²) < 4.78 is 10.0. The van der Waals surface area contributed by atoms with E-state index in [4.69, 9.17) is 9.15 Å². The highest BCUT2D eigenvalue weighted by Crippen LogP contribution is 2.03. The molecule has 1 rings (SSSR count). The number of esters is 1. The number of carbonyl (C=O) groups excluding carboxylic acids is 2. The molecule has 0 aliphatic rings. The summed E-state index contributed by atoms with van der Waals surface area (Å²) in [6.45, 7) is 2.89. The molecule has 0 aliphatic carbocycles. The van der Waals surface area contributed by atoms with Gasteiger partial charge >= 0.3 is 5.97 Å². The summed E-state index contributed by atoms with van der Waals surface area (Å²) >= 11 is 0. The molecule has 5 nitrogen and oxygen atoms in total. The predicted molar refractivity (Wildman–Crippen MR) is 75.4 cm³/mol. The zero-order chi connectivity index (χ0) is 14.6. The molecular weight excluding hydrogens is 258 g/mol. The average Bonchev–Trinajstić information content (AvgIpc) is 2.96. The Hall–Kier alpha value is -1.78. The summed E-state index contributed by atoms with van der Waals surface area (Å²) in [6, 6.07) is 3.21. The van der Waals surface area contributed by atoms with Crippen LogP contribution < -0.4 is 5.32 Å². The fourth-order valence-corrected chi connectivity index (χ4v) is 1.74. The molecule has 20 heavy (non-hydrogen) atoms. The SMILES string of the molecule is CCCCCCCOC(=O)CCNC(=O)c1ccco1. The van der Waals surface area contributed by atoms with Gasteiger partial charge in [0.15, 0.2) is 5.76 Å². The zero-order valence-corrected chi connectivity index (χ0v) is 12.0. The highest BCUT2D eigenvalue weighted by molar-refractivity contribution is 5.91. The van der Waals surface area contributed by atoms with E-state index < -0.39 is 0 Å². The third-order valence-electron chi connectivity index (χ3n) is 2.87. The molecule has 0 unspecified atom stereocenters. The van der Waals surface area contributed by atoms with Crippen molar-refractivity contribution in [3.8, 4) is 0 Å². The Labute approximate surface area is 119 Å². The van der Waals surface area contributed by atoms with Crippen LogP contribution in [-0.4, -0.2) is 25.0 Å². The molecule has 0 aromatic carbocycles. The maximum atomic E-state index is 11.5. The predicted octanol–water partition coefficient (Wildman–Crippen LogP) is 2.91. The van der Waals surface area contributed by atoms with Gasteiger partial charge in [0.05, 0.1) is 19.3 Å². The smallest absolute Gasteiger partial charge is 0.307 e. The van der Waals surface area contributed by atoms with Gasteiger partial charge in [0.25, 0.3) is 5.91 Å². The van der Waals surface area contributed by atoms with Crippen LogP contribution in [0.3, 0.4) is 0 Å². The molecule has 1 aromatic rings. The van der Waals surface area contributed by atoms with E-state index in [-0.39, 0.29) is 30.6 Å². The molecule has 0 aliphatic heterocycles. The topological polar surface area (TPSA) is 68.5 Å². The molecule has 0 bridgehead atoms. The van der Waals surface area contributed by atoms with Crippen molar-refractivity contribution in [2.45, 2.75) is 45.4 Å². The van der Waals surface area contributed by atoms with E-state index in [1.165, 1.54) is 25.5 Å². The molecular formula is C15H23NO4. The Morgan fingerprint density at radius 3 is 2.75 bits per heavy atom. The molecule has 0 saturated carbocycles. The highest BCUT2D eigenvalue weighted by Gasteiger charge is 2.09. The van der Waals surface area contributed by atoms with Gasteiger partial charge in [-0.25, -0.2) is 0 Å². The minimum atomic E-state index is -0.317. The number of hydrogen-bond donors (Lipinski definition) is 1. The molecule has 0 saturated heterocycles. The average molecular weight is 281 g/mol. The van der Waals surface area contributed by atoms with Crippen LogP contribution in [0, 0.1) is 0 Å². The van der Waals surface area contributed by atoms with Crippen LogP contribution in [0.1, 0.15) is 56.0 Å². The van der Waals surface area contributed by atoms with Crippen LogP contribution in [0.5, 0.6) is 0 Å². The lowest BCUT2D eigenvalue weighted by Crippen LogP contribution is -2.26. The van der Waals surface area contributed by atoms with Crippen molar-refractivity contribution >= 4 is 11.9 Å². The normalized spacial score (nSPS) is 10.2. The fraction of sp³-hybridized carbons (Fsp3) is 0.600. The van der Waals surface area contributed by atoms with Crippen molar-refractivity contribution in [2.24, 2.45) is 0 Å². The van der Waals surface area contributed by atoms with Gasteiger partial charge in [0.2, 0.25) is 0 Å². The van der Waals surface area contributed by atoms with Crippen molar-refractivity contribution < 1.29 is 18.7 Å². The van der Waals surface area contributed by atoms with E-state index in [0.717, 1.165) is 12.8 Å². The lowest BCUT2D eigenvalue weighted by molar-refractivity contribution is -0.143. The van der Waals surface area contributed by atoms with Gasteiger partial charge in [-0.05, 0) is 18.6 Å². The Morgan fingerprint density at radius 1 is 1.25 bits per heavy atom. The number of ether oxygens (including phenoxy) is 1. The number of carbonyl (C=O) groups is 2. The second-order valence-corrected chi connectivity index (χ2v) is 4.62. The van der Waals surface area contributed by atoms with Gasteiger partial charge in [-0.3, -0.25) is 9.59 Å². The first-order chi connectivity index (χ1) is 9.74. The number of furan rings is 1. The van der Waals surface area contributed by atoms with Crippen LogP contribution in [0.4, 0.5) is 0 Å². The molecule has 0 radical (unpaired) electrons. The van der Waals surface area contributed by atoms with E-state index in [9.17, 15) is 9.59 Å². The van der Waals surface area contributed by atoms with Crippen molar-refractivity contribution in [3.05, 3.63) is 24.2 Å². The first kappa shape index (κ1) is 16.3. The molecule has 0 fully saturated rings. The molecule has 1 heterocycles. The van der Waals surface area contributed by atoms with Crippen molar-refractivity contribution in [3.63, 3.8) is 0 Å². The van der Waals surface area contributed by atoms with E-state index >= 15 is 0 Å². The lowest BCUT2D eigenvalue weighted by Gasteiger charge is -2.05. The summed E-state index contributed by atoms with van der Waals surface area (Å²) in [7, 11) is 0. The monoisotopic (exact) mass is 281 g/mol. The molecule has 112 valence electrons. The third-order valence-corrected chi connectivity index (χ3v) is 2.87. The fourth-order valence-electron chi connectivity index (χ4n) is 1.74. The quantitative estimate of drug-likeness (QED) is 0.529. The number of amides is 1. The van der Waals surface area contributed by atoms with Gasteiger partial charge in [0, 0.05) is 6.54 Å².